The van der Waals surface area contributed by atoms with E-state index in [0.717, 1.165) is 25.7 Å². The van der Waals surface area contributed by atoms with Crippen LogP contribution in [0.15, 0.2) is 6.07 Å². The molecular weight excluding hydrogens is 424 g/mol. The maximum atomic E-state index is 13.8. The van der Waals surface area contributed by atoms with Crippen molar-refractivity contribution in [1.82, 2.24) is 4.90 Å². The molecule has 0 bridgehead atoms. The number of likely N-dealkylation sites (N-methyl/N-ethyl adjacent to an activating group) is 1. The van der Waals surface area contributed by atoms with Crippen molar-refractivity contribution in [2.45, 2.75) is 65.8 Å². The molecule has 0 radical (unpaired) electrons. The van der Waals surface area contributed by atoms with Crippen molar-refractivity contribution in [3.63, 3.8) is 0 Å². The zero-order chi connectivity index (χ0) is 23.6. The van der Waals surface area contributed by atoms with Crippen molar-refractivity contribution in [3.05, 3.63) is 15.8 Å². The Bertz CT molecular complexity index is 941. The molecule has 1 aromatic heterocycles. The number of carbonyl (C=O) groups is 3. The summed E-state index contributed by atoms with van der Waals surface area (Å²) in [6.45, 7) is 8.85. The first kappa shape index (κ1) is 24.3. The molecule has 3 rings (SSSR count). The van der Waals surface area contributed by atoms with E-state index in [0.29, 0.717) is 34.3 Å². The highest BCUT2D eigenvalue weighted by Crippen LogP contribution is 2.38. The van der Waals surface area contributed by atoms with Gasteiger partial charge >= 0.3 is 5.97 Å². The van der Waals surface area contributed by atoms with Crippen molar-refractivity contribution in [2.24, 2.45) is 17.3 Å². The molecule has 1 atom stereocenters. The Balaban J connectivity index is 2.07. The number of amides is 2. The molecule has 174 valence electrons. The molecule has 1 aliphatic heterocycles. The van der Waals surface area contributed by atoms with Gasteiger partial charge < -0.3 is 9.64 Å². The molecule has 7 heteroatoms. The molecule has 0 aromatic carbocycles. The van der Waals surface area contributed by atoms with E-state index in [2.05, 4.69) is 18.8 Å². The molecule has 1 aromatic rings. The summed E-state index contributed by atoms with van der Waals surface area (Å²) in [6.07, 6.45) is 4.16. The van der Waals surface area contributed by atoms with Crippen molar-refractivity contribution >= 4 is 34.8 Å². The molecule has 1 saturated carbocycles. The largest absolute Gasteiger partial charge is 0.465 e. The SMILES string of the molecule is COC(=O)c1sc(C#CC(C)(C)C)cc1N(C(=O)C1CCC(C)CC1)C1CCN(C)C1=O. The average Bonchev–Trinajstić information content (AvgIpc) is 3.31. The van der Waals surface area contributed by atoms with E-state index in [-0.39, 0.29) is 23.1 Å². The van der Waals surface area contributed by atoms with Gasteiger partial charge in [-0.1, -0.05) is 18.8 Å². The van der Waals surface area contributed by atoms with E-state index < -0.39 is 12.0 Å². The smallest absolute Gasteiger partial charge is 0.350 e. The third kappa shape index (κ3) is 5.35. The van der Waals surface area contributed by atoms with E-state index >= 15 is 0 Å². The number of hydrogen-bond acceptors (Lipinski definition) is 5. The summed E-state index contributed by atoms with van der Waals surface area (Å²) in [5, 5.41) is 0. The average molecular weight is 459 g/mol. The summed E-state index contributed by atoms with van der Waals surface area (Å²) in [7, 11) is 3.08. The van der Waals surface area contributed by atoms with Gasteiger partial charge in [0.15, 0.2) is 0 Å². The minimum Gasteiger partial charge on any atom is -0.465 e. The van der Waals surface area contributed by atoms with Gasteiger partial charge in [-0.05, 0) is 64.9 Å². The topological polar surface area (TPSA) is 66.9 Å². The summed E-state index contributed by atoms with van der Waals surface area (Å²) in [4.78, 5) is 43.7. The molecule has 2 amide bonds. The molecule has 2 aliphatic rings. The molecule has 0 spiro atoms. The van der Waals surface area contributed by atoms with Crippen LogP contribution in [0, 0.1) is 29.1 Å². The van der Waals surface area contributed by atoms with Crippen LogP contribution >= 0.6 is 11.3 Å². The summed E-state index contributed by atoms with van der Waals surface area (Å²) < 4.78 is 5.03. The lowest BCUT2D eigenvalue weighted by atomic mass is 9.82. The first-order valence-electron chi connectivity index (χ1n) is 11.3. The lowest BCUT2D eigenvalue weighted by Gasteiger charge is -2.33. The van der Waals surface area contributed by atoms with E-state index in [1.807, 2.05) is 20.8 Å². The van der Waals surface area contributed by atoms with E-state index in [4.69, 9.17) is 4.74 Å². The molecule has 1 aliphatic carbocycles. The number of hydrogen-bond donors (Lipinski definition) is 0. The van der Waals surface area contributed by atoms with Gasteiger partial charge in [0.05, 0.1) is 17.7 Å². The summed E-state index contributed by atoms with van der Waals surface area (Å²) in [5.74, 6) is 6.13. The Morgan fingerprint density at radius 2 is 1.84 bits per heavy atom. The van der Waals surface area contributed by atoms with Gasteiger partial charge in [0.1, 0.15) is 10.9 Å². The maximum absolute atomic E-state index is 13.8. The first-order valence-corrected chi connectivity index (χ1v) is 12.2. The molecule has 32 heavy (non-hydrogen) atoms. The van der Waals surface area contributed by atoms with Crippen LogP contribution in [0.1, 0.15) is 74.3 Å². The summed E-state index contributed by atoms with van der Waals surface area (Å²) >= 11 is 1.22. The quantitative estimate of drug-likeness (QED) is 0.498. The monoisotopic (exact) mass is 458 g/mol. The van der Waals surface area contributed by atoms with Crippen LogP contribution in [-0.2, 0) is 14.3 Å². The van der Waals surface area contributed by atoms with Crippen molar-refractivity contribution in [1.29, 1.82) is 0 Å². The maximum Gasteiger partial charge on any atom is 0.350 e. The number of ether oxygens (including phenoxy) is 1. The molecule has 0 N–H and O–H groups in total. The van der Waals surface area contributed by atoms with Gasteiger partial charge in [0, 0.05) is 24.9 Å². The number of esters is 1. The number of nitrogens with zero attached hydrogens (tertiary/aromatic N) is 2. The van der Waals surface area contributed by atoms with Gasteiger partial charge in [-0.15, -0.1) is 11.3 Å². The van der Waals surface area contributed by atoms with Gasteiger partial charge in [-0.25, -0.2) is 4.79 Å². The predicted molar refractivity (Wildman–Crippen MR) is 127 cm³/mol. The number of methoxy groups -OCH3 is 1. The van der Waals surface area contributed by atoms with E-state index in [1.165, 1.54) is 18.4 Å². The predicted octanol–water partition coefficient (Wildman–Crippen LogP) is 4.32. The third-order valence-corrected chi connectivity index (χ3v) is 7.24. The molecule has 2 fully saturated rings. The highest BCUT2D eigenvalue weighted by atomic mass is 32.1. The Kier molecular flexibility index (Phi) is 7.34. The van der Waals surface area contributed by atoms with Gasteiger partial charge in [0.2, 0.25) is 11.8 Å². The van der Waals surface area contributed by atoms with Crippen LogP contribution in [0.4, 0.5) is 5.69 Å². The Hall–Kier alpha value is -2.33. The van der Waals surface area contributed by atoms with Gasteiger partial charge in [-0.3, -0.25) is 14.5 Å². The van der Waals surface area contributed by atoms with Crippen LogP contribution in [-0.4, -0.2) is 49.4 Å². The third-order valence-electron chi connectivity index (χ3n) is 6.22. The summed E-state index contributed by atoms with van der Waals surface area (Å²) in [6, 6.07) is 1.18. The fourth-order valence-corrected chi connectivity index (χ4v) is 5.22. The Labute approximate surface area is 195 Å². The van der Waals surface area contributed by atoms with Crippen LogP contribution < -0.4 is 4.90 Å². The fraction of sp³-hybridized carbons (Fsp3) is 0.640. The lowest BCUT2D eigenvalue weighted by molar-refractivity contribution is -0.131. The molecular formula is C25H34N2O4S. The molecule has 1 saturated heterocycles. The van der Waals surface area contributed by atoms with Crippen molar-refractivity contribution < 1.29 is 19.1 Å². The molecule has 2 heterocycles. The van der Waals surface area contributed by atoms with Crippen molar-refractivity contribution in [2.75, 3.05) is 25.6 Å². The summed E-state index contributed by atoms with van der Waals surface area (Å²) in [5.41, 5.74) is 0.255. The van der Waals surface area contributed by atoms with Crippen LogP contribution in [0.5, 0.6) is 0 Å². The zero-order valence-corrected chi connectivity index (χ0v) is 20.8. The fourth-order valence-electron chi connectivity index (χ4n) is 4.30. The molecule has 1 unspecified atom stereocenters. The van der Waals surface area contributed by atoms with Crippen LogP contribution in [0.25, 0.3) is 0 Å². The number of likely N-dealkylation sites (tertiary alicyclic amines) is 1. The van der Waals surface area contributed by atoms with Gasteiger partial charge in [0.25, 0.3) is 0 Å². The van der Waals surface area contributed by atoms with Gasteiger partial charge in [-0.2, -0.15) is 0 Å². The highest BCUT2D eigenvalue weighted by Gasteiger charge is 2.42. The zero-order valence-electron chi connectivity index (χ0n) is 20.0. The van der Waals surface area contributed by atoms with Crippen LogP contribution in [0.3, 0.4) is 0 Å². The Morgan fingerprint density at radius 1 is 1.19 bits per heavy atom. The second-order valence-electron chi connectivity index (χ2n) is 10.0. The first-order chi connectivity index (χ1) is 15.0. The standard InChI is InChI=1S/C25H34N2O4S/c1-16-7-9-17(10-8-16)22(28)27(19-12-14-26(5)23(19)29)20-15-18(11-13-25(2,3)4)32-21(20)24(30)31-6/h15-17,19H,7-10,12,14H2,1-6H3. The number of thiophene rings is 1. The second kappa shape index (κ2) is 9.66. The number of anilines is 1. The molecule has 6 nitrogen and oxygen atoms in total. The lowest BCUT2D eigenvalue weighted by Crippen LogP contribution is -2.48. The van der Waals surface area contributed by atoms with E-state index in [9.17, 15) is 14.4 Å². The highest BCUT2D eigenvalue weighted by molar-refractivity contribution is 7.15. The number of carbonyl (C=O) groups excluding carboxylic acids is 3. The van der Waals surface area contributed by atoms with Crippen molar-refractivity contribution in [3.8, 4) is 11.8 Å². The van der Waals surface area contributed by atoms with Crippen LogP contribution in [0.2, 0.25) is 0 Å². The number of rotatable bonds is 4. The normalized spacial score (nSPS) is 23.5. The minimum absolute atomic E-state index is 0.0659. The van der Waals surface area contributed by atoms with E-state index in [1.54, 1.807) is 22.9 Å². The second-order valence-corrected chi connectivity index (χ2v) is 11.1. The minimum atomic E-state index is -0.603. The Morgan fingerprint density at radius 3 is 2.38 bits per heavy atom.